The minimum absolute atomic E-state index is 0.212. The molecule has 9 nitrogen and oxygen atoms in total. The number of aromatic nitrogens is 4. The van der Waals surface area contributed by atoms with E-state index in [0.29, 0.717) is 36.2 Å². The van der Waals surface area contributed by atoms with Crippen molar-refractivity contribution >= 4 is 29.0 Å². The van der Waals surface area contributed by atoms with Crippen LogP contribution in [0, 0.1) is 19.8 Å². The number of rotatable bonds is 6. The number of nitrogens with zero attached hydrogens (tertiary/aromatic N) is 7. The molecule has 2 amide bonds. The van der Waals surface area contributed by atoms with Gasteiger partial charge in [-0.2, -0.15) is 0 Å². The molecular formula is C32H35N7O2. The summed E-state index contributed by atoms with van der Waals surface area (Å²) in [6.45, 7) is 8.86. The van der Waals surface area contributed by atoms with Crippen LogP contribution in [0.5, 0.6) is 5.75 Å². The summed E-state index contributed by atoms with van der Waals surface area (Å²) < 4.78 is 5.30. The maximum Gasteiger partial charge on any atom is 0.336 e. The van der Waals surface area contributed by atoms with Crippen LogP contribution in [-0.2, 0) is 13.0 Å². The molecule has 2 aliphatic heterocycles. The maximum atomic E-state index is 14.1. The molecule has 0 unspecified atom stereocenters. The van der Waals surface area contributed by atoms with E-state index >= 15 is 0 Å². The number of ether oxygens (including phenoxy) is 1. The standard InChI is InChI=1S/C32H35N7O2/c1-21-12-14-37(15-13-21)26-9-8-25(33-18-26)16-28-34-17-24-20-38(30-22(2)6-5-7-23(30)3)32(40)39(31(24)36-28)29-11-10-27(41-4)19-35-29/h5-11,17-19,21H,12-16,20H2,1-4H3. The third-order valence-electron chi connectivity index (χ3n) is 8.05. The number of hydrogen-bond donors (Lipinski definition) is 0. The average Bonchev–Trinajstić information content (AvgIpc) is 2.98. The fourth-order valence-electron chi connectivity index (χ4n) is 5.65. The van der Waals surface area contributed by atoms with E-state index in [2.05, 4.69) is 22.9 Å². The number of para-hydroxylation sites is 1. The quantitative estimate of drug-likeness (QED) is 0.292. The summed E-state index contributed by atoms with van der Waals surface area (Å²) in [6.07, 6.45) is 8.27. The lowest BCUT2D eigenvalue weighted by Gasteiger charge is -2.36. The lowest BCUT2D eigenvalue weighted by atomic mass is 9.99. The first-order valence-corrected chi connectivity index (χ1v) is 14.1. The van der Waals surface area contributed by atoms with Crippen LogP contribution in [0.3, 0.4) is 0 Å². The summed E-state index contributed by atoms with van der Waals surface area (Å²) in [4.78, 5) is 38.7. The van der Waals surface area contributed by atoms with E-state index in [1.807, 2.05) is 50.5 Å². The van der Waals surface area contributed by atoms with Crippen LogP contribution in [0.25, 0.3) is 0 Å². The Labute approximate surface area is 240 Å². The number of fused-ring (bicyclic) bond motifs is 1. The van der Waals surface area contributed by atoms with Gasteiger partial charge in [0.2, 0.25) is 0 Å². The molecule has 6 rings (SSSR count). The van der Waals surface area contributed by atoms with Gasteiger partial charge in [0, 0.05) is 30.5 Å². The van der Waals surface area contributed by atoms with E-state index in [0.717, 1.165) is 52.8 Å². The van der Waals surface area contributed by atoms with Gasteiger partial charge in [0.05, 0.1) is 43.8 Å². The van der Waals surface area contributed by atoms with E-state index in [4.69, 9.17) is 19.7 Å². The van der Waals surface area contributed by atoms with Gasteiger partial charge < -0.3 is 9.64 Å². The molecule has 0 N–H and O–H groups in total. The topological polar surface area (TPSA) is 87.6 Å². The van der Waals surface area contributed by atoms with E-state index < -0.39 is 0 Å². The van der Waals surface area contributed by atoms with Crippen LogP contribution < -0.4 is 19.4 Å². The molecule has 5 heterocycles. The second-order valence-corrected chi connectivity index (χ2v) is 11.0. The van der Waals surface area contributed by atoms with Crippen LogP contribution >= 0.6 is 0 Å². The Morgan fingerprint density at radius 1 is 0.927 bits per heavy atom. The highest BCUT2D eigenvalue weighted by Gasteiger charge is 2.36. The third-order valence-corrected chi connectivity index (χ3v) is 8.05. The van der Waals surface area contributed by atoms with Crippen molar-refractivity contribution in [3.05, 3.63) is 89.3 Å². The lowest BCUT2D eigenvalue weighted by Crippen LogP contribution is -2.46. The van der Waals surface area contributed by atoms with Crippen molar-refractivity contribution in [2.75, 3.05) is 34.9 Å². The van der Waals surface area contributed by atoms with Crippen molar-refractivity contribution in [2.45, 2.75) is 46.6 Å². The first kappa shape index (κ1) is 26.7. The van der Waals surface area contributed by atoms with Gasteiger partial charge >= 0.3 is 6.03 Å². The monoisotopic (exact) mass is 549 g/mol. The van der Waals surface area contributed by atoms with Gasteiger partial charge in [-0.3, -0.25) is 9.88 Å². The van der Waals surface area contributed by atoms with Crippen LogP contribution in [-0.4, -0.2) is 46.2 Å². The zero-order valence-corrected chi connectivity index (χ0v) is 24.0. The normalized spacial score (nSPS) is 15.7. The van der Waals surface area contributed by atoms with E-state index in [1.165, 1.54) is 12.8 Å². The Morgan fingerprint density at radius 2 is 1.71 bits per heavy atom. The summed E-state index contributed by atoms with van der Waals surface area (Å²) in [5, 5.41) is 0. The van der Waals surface area contributed by atoms with Crippen molar-refractivity contribution in [2.24, 2.45) is 5.92 Å². The van der Waals surface area contributed by atoms with Gasteiger partial charge in [0.25, 0.3) is 0 Å². The van der Waals surface area contributed by atoms with Gasteiger partial charge in [-0.1, -0.05) is 25.1 Å². The fraction of sp³-hybridized carbons (Fsp3) is 0.344. The third kappa shape index (κ3) is 5.31. The Balaban J connectivity index is 1.32. The Bertz CT molecular complexity index is 1530. The predicted octanol–water partition coefficient (Wildman–Crippen LogP) is 6.00. The highest BCUT2D eigenvalue weighted by atomic mass is 16.5. The number of pyridine rings is 2. The number of piperidine rings is 1. The molecule has 0 aliphatic carbocycles. The minimum atomic E-state index is -0.212. The molecule has 9 heteroatoms. The van der Waals surface area contributed by atoms with Gasteiger partial charge in [0.1, 0.15) is 17.4 Å². The van der Waals surface area contributed by atoms with Crippen LogP contribution in [0.1, 0.15) is 48.0 Å². The summed E-state index contributed by atoms with van der Waals surface area (Å²) in [5.41, 5.74) is 5.81. The van der Waals surface area contributed by atoms with Gasteiger partial charge in [-0.05, 0) is 68.0 Å². The summed E-state index contributed by atoms with van der Waals surface area (Å²) in [5.74, 6) is 3.01. The number of amides is 2. The molecule has 0 radical (unpaired) electrons. The largest absolute Gasteiger partial charge is 0.495 e. The van der Waals surface area contributed by atoms with E-state index in [1.54, 1.807) is 35.2 Å². The van der Waals surface area contributed by atoms with Crippen molar-refractivity contribution < 1.29 is 9.53 Å². The first-order chi connectivity index (χ1) is 19.9. The molecule has 1 saturated heterocycles. The second-order valence-electron chi connectivity index (χ2n) is 11.0. The summed E-state index contributed by atoms with van der Waals surface area (Å²) in [7, 11) is 1.59. The SMILES string of the molecule is COc1ccc(N2C(=O)N(c3c(C)cccc3C)Cc3cnc(Cc4ccc(N5CCC(C)CC5)cn4)nc32)nc1. The highest BCUT2D eigenvalue weighted by molar-refractivity contribution is 6.10. The van der Waals surface area contributed by atoms with Crippen LogP contribution in [0.15, 0.2) is 61.1 Å². The van der Waals surface area contributed by atoms with Crippen LogP contribution in [0.2, 0.25) is 0 Å². The molecule has 0 atom stereocenters. The molecule has 210 valence electrons. The zero-order chi connectivity index (χ0) is 28.5. The molecule has 3 aromatic heterocycles. The Morgan fingerprint density at radius 3 is 2.37 bits per heavy atom. The number of urea groups is 1. The number of carbonyl (C=O) groups is 1. The number of hydrogen-bond acceptors (Lipinski definition) is 7. The first-order valence-electron chi connectivity index (χ1n) is 14.1. The zero-order valence-electron chi connectivity index (χ0n) is 24.0. The molecule has 0 bridgehead atoms. The number of carbonyl (C=O) groups excluding carboxylic acids is 1. The average molecular weight is 550 g/mol. The second kappa shape index (κ2) is 11.2. The van der Waals surface area contributed by atoms with Gasteiger partial charge in [-0.25, -0.2) is 24.6 Å². The number of anilines is 4. The predicted molar refractivity (Wildman–Crippen MR) is 160 cm³/mol. The maximum absolute atomic E-state index is 14.1. The molecule has 0 saturated carbocycles. The highest BCUT2D eigenvalue weighted by Crippen LogP contribution is 2.37. The molecule has 0 spiro atoms. The minimum Gasteiger partial charge on any atom is -0.495 e. The lowest BCUT2D eigenvalue weighted by molar-refractivity contribution is 0.252. The van der Waals surface area contributed by atoms with E-state index in [9.17, 15) is 4.79 Å². The molecule has 41 heavy (non-hydrogen) atoms. The van der Waals surface area contributed by atoms with Crippen molar-refractivity contribution in [1.82, 2.24) is 19.9 Å². The Kier molecular flexibility index (Phi) is 7.26. The van der Waals surface area contributed by atoms with Gasteiger partial charge in [0.15, 0.2) is 5.82 Å². The summed E-state index contributed by atoms with van der Waals surface area (Å²) >= 11 is 0. The summed E-state index contributed by atoms with van der Waals surface area (Å²) in [6, 6.07) is 13.6. The molecule has 1 fully saturated rings. The van der Waals surface area contributed by atoms with Crippen molar-refractivity contribution in [1.29, 1.82) is 0 Å². The molecule has 4 aromatic rings. The number of methoxy groups -OCH3 is 1. The molecular weight excluding hydrogens is 514 g/mol. The smallest absolute Gasteiger partial charge is 0.336 e. The molecule has 1 aromatic carbocycles. The number of aryl methyl sites for hydroxylation is 2. The van der Waals surface area contributed by atoms with Crippen molar-refractivity contribution in [3.8, 4) is 5.75 Å². The van der Waals surface area contributed by atoms with Crippen LogP contribution in [0.4, 0.5) is 27.8 Å². The van der Waals surface area contributed by atoms with Crippen molar-refractivity contribution in [3.63, 3.8) is 0 Å². The fourth-order valence-corrected chi connectivity index (χ4v) is 5.65. The van der Waals surface area contributed by atoms with E-state index in [-0.39, 0.29) is 6.03 Å². The number of benzene rings is 1. The molecule has 2 aliphatic rings. The van der Waals surface area contributed by atoms with Gasteiger partial charge in [-0.15, -0.1) is 0 Å². The Hall–Kier alpha value is -4.53.